The minimum Gasteiger partial charge on any atom is -0.465 e. The fourth-order valence-corrected chi connectivity index (χ4v) is 1.94. The van der Waals surface area contributed by atoms with E-state index < -0.39 is 11.9 Å². The lowest BCUT2D eigenvalue weighted by molar-refractivity contribution is -0.128. The summed E-state index contributed by atoms with van der Waals surface area (Å²) in [6.07, 6.45) is 2.84. The summed E-state index contributed by atoms with van der Waals surface area (Å²) in [5, 5.41) is 0. The van der Waals surface area contributed by atoms with Crippen LogP contribution in [0.1, 0.15) is 33.2 Å². The molecule has 2 aromatic rings. The van der Waals surface area contributed by atoms with Gasteiger partial charge in [-0.25, -0.2) is 9.59 Å². The van der Waals surface area contributed by atoms with E-state index in [1.54, 1.807) is 48.5 Å². The first-order chi connectivity index (χ1) is 11.5. The van der Waals surface area contributed by atoms with Gasteiger partial charge in [0.05, 0.1) is 12.7 Å². The third kappa shape index (κ3) is 4.64. The van der Waals surface area contributed by atoms with Crippen LogP contribution in [-0.2, 0) is 9.53 Å². The van der Waals surface area contributed by atoms with E-state index in [0.29, 0.717) is 16.9 Å². The number of esters is 2. The summed E-state index contributed by atoms with van der Waals surface area (Å²) in [6.45, 7) is 1.44. The fraction of sp³-hybridized carbons (Fsp3) is 0.105. The lowest BCUT2D eigenvalue weighted by Gasteiger charge is -2.03. The van der Waals surface area contributed by atoms with Crippen LogP contribution in [0.4, 0.5) is 0 Å². The second kappa shape index (κ2) is 7.87. The quantitative estimate of drug-likeness (QED) is 0.365. The van der Waals surface area contributed by atoms with Gasteiger partial charge in [0, 0.05) is 11.6 Å². The molecule has 0 saturated carbocycles. The normalized spacial score (nSPS) is 10.4. The minimum atomic E-state index is -0.562. The summed E-state index contributed by atoms with van der Waals surface area (Å²) in [5.74, 6) is -0.782. The SMILES string of the molecule is COC(=O)c1ccc(/C=C/C(=O)Oc2cccc(C(C)=O)c2)cc1. The summed E-state index contributed by atoms with van der Waals surface area (Å²) in [5.41, 5.74) is 1.64. The molecule has 0 atom stereocenters. The number of ketones is 1. The molecule has 122 valence electrons. The second-order valence-electron chi connectivity index (χ2n) is 4.95. The third-order valence-corrected chi connectivity index (χ3v) is 3.20. The van der Waals surface area contributed by atoms with Crippen molar-refractivity contribution in [1.29, 1.82) is 0 Å². The predicted octanol–water partition coefficient (Wildman–Crippen LogP) is 3.29. The molecule has 0 amide bonds. The van der Waals surface area contributed by atoms with Crippen LogP contribution >= 0.6 is 0 Å². The van der Waals surface area contributed by atoms with Crippen LogP contribution in [0.2, 0.25) is 0 Å². The van der Waals surface area contributed by atoms with Crippen molar-refractivity contribution in [2.45, 2.75) is 6.92 Å². The highest BCUT2D eigenvalue weighted by atomic mass is 16.5. The van der Waals surface area contributed by atoms with Gasteiger partial charge in [-0.1, -0.05) is 24.3 Å². The van der Waals surface area contributed by atoms with E-state index >= 15 is 0 Å². The van der Waals surface area contributed by atoms with E-state index in [0.717, 1.165) is 5.56 Å². The second-order valence-corrected chi connectivity index (χ2v) is 4.95. The summed E-state index contributed by atoms with van der Waals surface area (Å²) in [4.78, 5) is 34.5. The van der Waals surface area contributed by atoms with Gasteiger partial charge in [0.25, 0.3) is 0 Å². The molecule has 5 heteroatoms. The molecule has 0 fully saturated rings. The predicted molar refractivity (Wildman–Crippen MR) is 88.9 cm³/mol. The Labute approximate surface area is 139 Å². The Balaban J connectivity index is 2.01. The Hall–Kier alpha value is -3.21. The third-order valence-electron chi connectivity index (χ3n) is 3.20. The van der Waals surface area contributed by atoms with E-state index in [1.165, 1.54) is 26.2 Å². The van der Waals surface area contributed by atoms with Crippen LogP contribution in [0.3, 0.4) is 0 Å². The lowest BCUT2D eigenvalue weighted by Crippen LogP contribution is -2.04. The number of Topliss-reactive ketones (excluding diaryl/α,β-unsaturated/α-hetero) is 1. The zero-order valence-electron chi connectivity index (χ0n) is 13.3. The molecule has 24 heavy (non-hydrogen) atoms. The number of methoxy groups -OCH3 is 1. The van der Waals surface area contributed by atoms with Gasteiger partial charge in [-0.05, 0) is 42.8 Å². The standard InChI is InChI=1S/C19H16O5/c1-13(20)16-4-3-5-17(12-16)24-18(21)11-8-14-6-9-15(10-7-14)19(22)23-2/h3-12H,1-2H3/b11-8+. The van der Waals surface area contributed by atoms with Crippen LogP contribution in [-0.4, -0.2) is 24.8 Å². The van der Waals surface area contributed by atoms with E-state index in [1.807, 2.05) is 0 Å². The molecule has 5 nitrogen and oxygen atoms in total. The smallest absolute Gasteiger partial charge is 0.337 e. The van der Waals surface area contributed by atoms with E-state index in [4.69, 9.17) is 4.74 Å². The monoisotopic (exact) mass is 324 g/mol. The van der Waals surface area contributed by atoms with E-state index in [2.05, 4.69) is 4.74 Å². The minimum absolute atomic E-state index is 0.103. The van der Waals surface area contributed by atoms with Gasteiger partial charge < -0.3 is 9.47 Å². The number of benzene rings is 2. The number of rotatable bonds is 5. The molecule has 0 saturated heterocycles. The molecule has 0 bridgehead atoms. The molecule has 0 aliphatic rings. The first kappa shape index (κ1) is 17.1. The van der Waals surface area contributed by atoms with E-state index in [9.17, 15) is 14.4 Å². The Bertz CT molecular complexity index is 788. The number of carbonyl (C=O) groups excluding carboxylic acids is 3. The maximum atomic E-state index is 11.8. The van der Waals surface area contributed by atoms with Crippen molar-refractivity contribution >= 4 is 23.8 Å². The van der Waals surface area contributed by atoms with Crippen molar-refractivity contribution < 1.29 is 23.9 Å². The van der Waals surface area contributed by atoms with Crippen LogP contribution in [0, 0.1) is 0 Å². The maximum absolute atomic E-state index is 11.8. The van der Waals surface area contributed by atoms with Crippen LogP contribution in [0.15, 0.2) is 54.6 Å². The van der Waals surface area contributed by atoms with Gasteiger partial charge >= 0.3 is 11.9 Å². The van der Waals surface area contributed by atoms with Gasteiger partial charge in [0.1, 0.15) is 5.75 Å². The molecule has 0 unspecified atom stereocenters. The van der Waals surface area contributed by atoms with Crippen molar-refractivity contribution in [3.63, 3.8) is 0 Å². The number of carbonyl (C=O) groups is 3. The molecular formula is C19H16O5. The van der Waals surface area contributed by atoms with Crippen molar-refractivity contribution in [2.75, 3.05) is 7.11 Å². The zero-order chi connectivity index (χ0) is 17.5. The molecule has 0 radical (unpaired) electrons. The highest BCUT2D eigenvalue weighted by Crippen LogP contribution is 2.14. The van der Waals surface area contributed by atoms with Gasteiger partial charge in [0.15, 0.2) is 5.78 Å². The maximum Gasteiger partial charge on any atom is 0.337 e. The largest absolute Gasteiger partial charge is 0.465 e. The molecular weight excluding hydrogens is 308 g/mol. The van der Waals surface area contributed by atoms with Gasteiger partial charge in [-0.3, -0.25) is 4.79 Å². The molecule has 0 aromatic heterocycles. The van der Waals surface area contributed by atoms with Gasteiger partial charge in [-0.2, -0.15) is 0 Å². The lowest BCUT2D eigenvalue weighted by atomic mass is 10.1. The van der Waals surface area contributed by atoms with Crippen LogP contribution in [0.5, 0.6) is 5.75 Å². The molecule has 2 rings (SSSR count). The number of hydrogen-bond donors (Lipinski definition) is 0. The van der Waals surface area contributed by atoms with Crippen molar-refractivity contribution in [1.82, 2.24) is 0 Å². The average Bonchev–Trinajstić information content (AvgIpc) is 2.60. The Kier molecular flexibility index (Phi) is 5.63. The van der Waals surface area contributed by atoms with Crippen molar-refractivity contribution in [3.05, 3.63) is 71.3 Å². The summed E-state index contributed by atoms with van der Waals surface area (Å²) in [6, 6.07) is 13.0. The highest BCUT2D eigenvalue weighted by molar-refractivity contribution is 5.95. The van der Waals surface area contributed by atoms with Crippen LogP contribution < -0.4 is 4.74 Å². The molecule has 0 aliphatic carbocycles. The van der Waals surface area contributed by atoms with Crippen molar-refractivity contribution in [2.24, 2.45) is 0 Å². The fourth-order valence-electron chi connectivity index (χ4n) is 1.94. The average molecular weight is 324 g/mol. The van der Waals surface area contributed by atoms with Crippen LogP contribution in [0.25, 0.3) is 6.08 Å². The Morgan fingerprint density at radius 3 is 2.29 bits per heavy atom. The number of hydrogen-bond acceptors (Lipinski definition) is 5. The summed E-state index contributed by atoms with van der Waals surface area (Å²) >= 11 is 0. The summed E-state index contributed by atoms with van der Waals surface area (Å²) in [7, 11) is 1.31. The molecule has 0 spiro atoms. The topological polar surface area (TPSA) is 69.7 Å². The van der Waals surface area contributed by atoms with Crippen molar-refractivity contribution in [3.8, 4) is 5.75 Å². The zero-order valence-corrected chi connectivity index (χ0v) is 13.3. The number of ether oxygens (including phenoxy) is 2. The first-order valence-electron chi connectivity index (χ1n) is 7.19. The van der Waals surface area contributed by atoms with Gasteiger partial charge in [0.2, 0.25) is 0 Å². The molecule has 0 heterocycles. The molecule has 2 aromatic carbocycles. The highest BCUT2D eigenvalue weighted by Gasteiger charge is 2.05. The Morgan fingerprint density at radius 2 is 1.67 bits per heavy atom. The molecule has 0 aliphatic heterocycles. The summed E-state index contributed by atoms with van der Waals surface area (Å²) < 4.78 is 9.77. The Morgan fingerprint density at radius 1 is 0.958 bits per heavy atom. The van der Waals surface area contributed by atoms with Gasteiger partial charge in [-0.15, -0.1) is 0 Å². The molecule has 0 N–H and O–H groups in total. The first-order valence-corrected chi connectivity index (χ1v) is 7.19. The van der Waals surface area contributed by atoms with E-state index in [-0.39, 0.29) is 5.78 Å².